The van der Waals surface area contributed by atoms with Crippen LogP contribution in [0.2, 0.25) is 0 Å². The van der Waals surface area contributed by atoms with Crippen LogP contribution in [-0.2, 0) is 13.1 Å². The first-order chi connectivity index (χ1) is 10.2. The quantitative estimate of drug-likeness (QED) is 0.785. The number of unbranched alkanes of at least 4 members (excludes halogenated alkanes) is 1. The fourth-order valence-electron chi connectivity index (χ4n) is 2.43. The van der Waals surface area contributed by atoms with Gasteiger partial charge in [-0.2, -0.15) is 5.26 Å². The Balaban J connectivity index is 2.29. The second-order valence-electron chi connectivity index (χ2n) is 5.31. The first-order valence-corrected chi connectivity index (χ1v) is 7.36. The number of halogens is 1. The van der Waals surface area contributed by atoms with Crippen molar-refractivity contribution < 1.29 is 4.39 Å². The summed E-state index contributed by atoms with van der Waals surface area (Å²) in [7, 11) is 2.06. The number of hydrogen-bond acceptors (Lipinski definition) is 3. The lowest BCUT2D eigenvalue weighted by Gasteiger charge is -2.16. The summed E-state index contributed by atoms with van der Waals surface area (Å²) in [5, 5.41) is 8.82. The molecule has 0 aliphatic rings. The maximum Gasteiger partial charge on any atom is 0.125 e. The zero-order valence-corrected chi connectivity index (χ0v) is 12.6. The van der Waals surface area contributed by atoms with E-state index >= 15 is 0 Å². The molecule has 0 saturated heterocycles. The van der Waals surface area contributed by atoms with E-state index in [0.29, 0.717) is 25.0 Å². The maximum absolute atomic E-state index is 13.3. The highest BCUT2D eigenvalue weighted by atomic mass is 19.1. The van der Waals surface area contributed by atoms with Crippen LogP contribution < -0.4 is 0 Å². The fourth-order valence-corrected chi connectivity index (χ4v) is 2.43. The predicted octanol–water partition coefficient (Wildman–Crippen LogP) is 3.32. The average Bonchev–Trinajstić information content (AvgIpc) is 2.79. The van der Waals surface area contributed by atoms with Crippen LogP contribution in [0.1, 0.15) is 32.0 Å². The van der Waals surface area contributed by atoms with E-state index in [2.05, 4.69) is 29.9 Å². The summed E-state index contributed by atoms with van der Waals surface area (Å²) in [6.07, 6.45) is 2.72. The maximum atomic E-state index is 13.3. The molecular weight excluding hydrogens is 267 g/mol. The third-order valence-electron chi connectivity index (χ3n) is 3.54. The third kappa shape index (κ3) is 3.79. The first-order valence-electron chi connectivity index (χ1n) is 7.36. The summed E-state index contributed by atoms with van der Waals surface area (Å²) in [5.74, 6) is 0.614. The van der Waals surface area contributed by atoms with Gasteiger partial charge in [0.2, 0.25) is 0 Å². The lowest BCUT2D eigenvalue weighted by molar-refractivity contribution is 0.308. The molecule has 21 heavy (non-hydrogen) atoms. The Morgan fingerprint density at radius 3 is 2.95 bits per heavy atom. The van der Waals surface area contributed by atoms with Gasteiger partial charge in [0.15, 0.2) is 0 Å². The van der Waals surface area contributed by atoms with Crippen LogP contribution in [-0.4, -0.2) is 28.0 Å². The van der Waals surface area contributed by atoms with Crippen LogP contribution in [0.5, 0.6) is 0 Å². The van der Waals surface area contributed by atoms with Crippen molar-refractivity contribution in [3.05, 3.63) is 29.8 Å². The SMILES string of the molecule is CCCCN(C)Cc1nc2cc(F)ccc2n1CCC#N. The lowest BCUT2D eigenvalue weighted by Crippen LogP contribution is -2.21. The number of rotatable bonds is 7. The van der Waals surface area contributed by atoms with Gasteiger partial charge in [-0.3, -0.25) is 4.90 Å². The molecule has 1 aromatic carbocycles. The molecule has 0 amide bonds. The number of aryl methyl sites for hydroxylation is 1. The monoisotopic (exact) mass is 288 g/mol. The van der Waals surface area contributed by atoms with Gasteiger partial charge in [-0.05, 0) is 32.1 Å². The molecule has 1 aromatic heterocycles. The number of nitrogens with zero attached hydrogens (tertiary/aromatic N) is 4. The summed E-state index contributed by atoms with van der Waals surface area (Å²) in [5.41, 5.74) is 1.55. The summed E-state index contributed by atoms with van der Waals surface area (Å²) < 4.78 is 15.4. The minimum atomic E-state index is -0.279. The molecule has 112 valence electrons. The number of imidazole rings is 1. The third-order valence-corrected chi connectivity index (χ3v) is 3.54. The molecule has 4 nitrogen and oxygen atoms in total. The number of aromatic nitrogens is 2. The minimum absolute atomic E-state index is 0.279. The molecule has 0 aliphatic carbocycles. The molecule has 0 N–H and O–H groups in total. The van der Waals surface area contributed by atoms with Gasteiger partial charge in [-0.15, -0.1) is 0 Å². The van der Waals surface area contributed by atoms with Gasteiger partial charge in [-0.25, -0.2) is 9.37 Å². The standard InChI is InChI=1S/C16H21FN4/c1-3-4-9-20(2)12-16-19-14-11-13(17)6-7-15(14)21(16)10-5-8-18/h6-7,11H,3-5,9-10,12H2,1-2H3. The van der Waals surface area contributed by atoms with Crippen molar-refractivity contribution in [2.75, 3.05) is 13.6 Å². The Morgan fingerprint density at radius 1 is 1.43 bits per heavy atom. The van der Waals surface area contributed by atoms with E-state index in [1.54, 1.807) is 6.07 Å². The summed E-state index contributed by atoms with van der Waals surface area (Å²) in [6, 6.07) is 6.80. The van der Waals surface area contributed by atoms with Crippen molar-refractivity contribution in [1.29, 1.82) is 5.26 Å². The van der Waals surface area contributed by atoms with Crippen molar-refractivity contribution in [2.45, 2.75) is 39.3 Å². The van der Waals surface area contributed by atoms with E-state index in [0.717, 1.165) is 30.7 Å². The van der Waals surface area contributed by atoms with Gasteiger partial charge in [0.25, 0.3) is 0 Å². The molecule has 2 aromatic rings. The van der Waals surface area contributed by atoms with Crippen LogP contribution in [0, 0.1) is 17.1 Å². The molecule has 0 atom stereocenters. The van der Waals surface area contributed by atoms with Gasteiger partial charge < -0.3 is 4.57 Å². The Bertz CT molecular complexity index is 641. The summed E-state index contributed by atoms with van der Waals surface area (Å²) in [6.45, 7) is 4.47. The number of benzene rings is 1. The molecule has 0 aliphatic heterocycles. The van der Waals surface area contributed by atoms with Crippen molar-refractivity contribution in [3.8, 4) is 6.07 Å². The molecule has 0 saturated carbocycles. The van der Waals surface area contributed by atoms with Crippen molar-refractivity contribution in [1.82, 2.24) is 14.5 Å². The van der Waals surface area contributed by atoms with Crippen molar-refractivity contribution in [3.63, 3.8) is 0 Å². The first kappa shape index (κ1) is 15.5. The Hall–Kier alpha value is -1.93. The topological polar surface area (TPSA) is 44.9 Å². The van der Waals surface area contributed by atoms with Crippen molar-refractivity contribution >= 4 is 11.0 Å². The van der Waals surface area contributed by atoms with Crippen LogP contribution in [0.25, 0.3) is 11.0 Å². The molecule has 0 unspecified atom stereocenters. The van der Waals surface area contributed by atoms with E-state index in [1.807, 2.05) is 4.57 Å². The van der Waals surface area contributed by atoms with E-state index in [4.69, 9.17) is 5.26 Å². The van der Waals surface area contributed by atoms with Crippen LogP contribution in [0.3, 0.4) is 0 Å². The van der Waals surface area contributed by atoms with E-state index < -0.39 is 0 Å². The van der Waals surface area contributed by atoms with E-state index in [1.165, 1.54) is 12.1 Å². The van der Waals surface area contributed by atoms with Gasteiger partial charge in [0.05, 0.1) is 30.1 Å². The molecule has 5 heteroatoms. The molecular formula is C16H21FN4. The highest BCUT2D eigenvalue weighted by Crippen LogP contribution is 2.19. The molecule has 2 rings (SSSR count). The van der Waals surface area contributed by atoms with Gasteiger partial charge in [-0.1, -0.05) is 13.3 Å². The number of hydrogen-bond donors (Lipinski definition) is 0. The predicted molar refractivity (Wildman–Crippen MR) is 81.2 cm³/mol. The highest BCUT2D eigenvalue weighted by molar-refractivity contribution is 5.76. The fraction of sp³-hybridized carbons (Fsp3) is 0.500. The van der Waals surface area contributed by atoms with Crippen LogP contribution in [0.4, 0.5) is 4.39 Å². The van der Waals surface area contributed by atoms with E-state index in [-0.39, 0.29) is 5.82 Å². The van der Waals surface area contributed by atoms with Crippen molar-refractivity contribution in [2.24, 2.45) is 0 Å². The highest BCUT2D eigenvalue weighted by Gasteiger charge is 2.13. The largest absolute Gasteiger partial charge is 0.326 e. The minimum Gasteiger partial charge on any atom is -0.326 e. The smallest absolute Gasteiger partial charge is 0.125 e. The van der Waals surface area contributed by atoms with Gasteiger partial charge in [0, 0.05) is 12.6 Å². The summed E-state index contributed by atoms with van der Waals surface area (Å²) >= 11 is 0. The average molecular weight is 288 g/mol. The Kier molecular flexibility index (Phi) is 5.29. The number of nitriles is 1. The normalized spacial score (nSPS) is 11.2. The zero-order valence-electron chi connectivity index (χ0n) is 12.6. The number of fused-ring (bicyclic) bond motifs is 1. The van der Waals surface area contributed by atoms with Gasteiger partial charge >= 0.3 is 0 Å². The van der Waals surface area contributed by atoms with E-state index in [9.17, 15) is 4.39 Å². The lowest BCUT2D eigenvalue weighted by atomic mass is 10.3. The zero-order chi connectivity index (χ0) is 15.2. The molecule has 0 spiro atoms. The Morgan fingerprint density at radius 2 is 2.24 bits per heavy atom. The molecule has 1 heterocycles. The molecule has 0 radical (unpaired) electrons. The summed E-state index contributed by atoms with van der Waals surface area (Å²) in [4.78, 5) is 6.76. The van der Waals surface area contributed by atoms with Crippen LogP contribution >= 0.6 is 0 Å². The second-order valence-corrected chi connectivity index (χ2v) is 5.31. The van der Waals surface area contributed by atoms with Crippen LogP contribution in [0.15, 0.2) is 18.2 Å². The Labute approximate surface area is 124 Å². The van der Waals surface area contributed by atoms with Gasteiger partial charge in [0.1, 0.15) is 11.6 Å². The molecule has 0 bridgehead atoms. The second kappa shape index (κ2) is 7.19. The molecule has 0 fully saturated rings.